The van der Waals surface area contributed by atoms with Crippen LogP contribution in [0.4, 0.5) is 0 Å². The van der Waals surface area contributed by atoms with Gasteiger partial charge in [-0.3, -0.25) is 4.99 Å². The largest absolute Gasteiger partial charge is 0.357 e. The Morgan fingerprint density at radius 3 is 2.95 bits per heavy atom. The first kappa shape index (κ1) is 17.3. The summed E-state index contributed by atoms with van der Waals surface area (Å²) in [7, 11) is 0. The summed E-state index contributed by atoms with van der Waals surface area (Å²) in [6.07, 6.45) is 8.35. The third-order valence-corrected chi connectivity index (χ3v) is 5.17. The van der Waals surface area contributed by atoms with Crippen LogP contribution >= 0.6 is 11.3 Å². The van der Waals surface area contributed by atoms with E-state index < -0.39 is 0 Å². The molecule has 0 radical (unpaired) electrons. The van der Waals surface area contributed by atoms with Crippen LogP contribution in [0.15, 0.2) is 11.2 Å². The second kappa shape index (κ2) is 9.13. The third kappa shape index (κ3) is 5.95. The van der Waals surface area contributed by atoms with Gasteiger partial charge >= 0.3 is 0 Å². The van der Waals surface area contributed by atoms with Crippen LogP contribution in [0.3, 0.4) is 0 Å². The maximum absolute atomic E-state index is 4.79. The number of thiazole rings is 1. The van der Waals surface area contributed by atoms with Crippen molar-refractivity contribution < 1.29 is 0 Å². The average molecular weight is 323 g/mol. The number of aryl methyl sites for hydroxylation is 1. The van der Waals surface area contributed by atoms with Crippen LogP contribution in [-0.2, 0) is 6.42 Å². The Morgan fingerprint density at radius 2 is 2.27 bits per heavy atom. The quantitative estimate of drug-likeness (QED) is 0.623. The zero-order valence-corrected chi connectivity index (χ0v) is 15.0. The number of nitrogens with one attached hydrogen (secondary N) is 2. The van der Waals surface area contributed by atoms with Crippen LogP contribution < -0.4 is 10.6 Å². The van der Waals surface area contributed by atoms with Crippen molar-refractivity contribution in [3.8, 4) is 0 Å². The topological polar surface area (TPSA) is 49.3 Å². The maximum atomic E-state index is 4.79. The van der Waals surface area contributed by atoms with Gasteiger partial charge in [0.25, 0.3) is 0 Å². The second-order valence-electron chi connectivity index (χ2n) is 6.40. The van der Waals surface area contributed by atoms with Gasteiger partial charge < -0.3 is 10.6 Å². The SMILES string of the molecule is CCNC(=NCC1CCCC(C)C1)NCCc1ncc(C)s1. The van der Waals surface area contributed by atoms with Crippen LogP contribution in [0, 0.1) is 18.8 Å². The molecule has 22 heavy (non-hydrogen) atoms. The summed E-state index contributed by atoms with van der Waals surface area (Å²) in [5, 5.41) is 7.98. The zero-order chi connectivity index (χ0) is 15.8. The molecule has 4 nitrogen and oxygen atoms in total. The van der Waals surface area contributed by atoms with Gasteiger partial charge in [-0.15, -0.1) is 11.3 Å². The van der Waals surface area contributed by atoms with Crippen LogP contribution in [0.1, 0.15) is 49.4 Å². The summed E-state index contributed by atoms with van der Waals surface area (Å²) in [5.74, 6) is 2.59. The monoisotopic (exact) mass is 322 g/mol. The number of guanidine groups is 1. The minimum absolute atomic E-state index is 0.765. The normalized spacial score (nSPS) is 22.6. The lowest BCUT2D eigenvalue weighted by Gasteiger charge is -2.25. The van der Waals surface area contributed by atoms with E-state index in [0.717, 1.165) is 43.9 Å². The van der Waals surface area contributed by atoms with Gasteiger partial charge in [-0.05, 0) is 38.5 Å². The van der Waals surface area contributed by atoms with Gasteiger partial charge in [-0.1, -0.05) is 19.8 Å². The molecule has 2 atom stereocenters. The molecule has 1 heterocycles. The van der Waals surface area contributed by atoms with Crippen LogP contribution in [-0.4, -0.2) is 30.6 Å². The molecule has 0 aliphatic heterocycles. The van der Waals surface area contributed by atoms with E-state index in [2.05, 4.69) is 36.4 Å². The number of aromatic nitrogens is 1. The van der Waals surface area contributed by atoms with E-state index in [-0.39, 0.29) is 0 Å². The minimum Gasteiger partial charge on any atom is -0.357 e. The van der Waals surface area contributed by atoms with E-state index in [0.29, 0.717) is 0 Å². The smallest absolute Gasteiger partial charge is 0.191 e. The lowest BCUT2D eigenvalue weighted by molar-refractivity contribution is 0.289. The summed E-state index contributed by atoms with van der Waals surface area (Å²) >= 11 is 1.78. The molecular formula is C17H30N4S. The predicted octanol–water partition coefficient (Wildman–Crippen LogP) is 3.38. The van der Waals surface area contributed by atoms with Gasteiger partial charge in [0, 0.05) is 37.1 Å². The highest BCUT2D eigenvalue weighted by atomic mass is 32.1. The van der Waals surface area contributed by atoms with Gasteiger partial charge in [0.15, 0.2) is 5.96 Å². The molecule has 124 valence electrons. The Bertz CT molecular complexity index is 469. The van der Waals surface area contributed by atoms with E-state index in [4.69, 9.17) is 4.99 Å². The molecular weight excluding hydrogens is 292 g/mol. The Hall–Kier alpha value is -1.10. The van der Waals surface area contributed by atoms with Crippen LogP contribution in [0.25, 0.3) is 0 Å². The number of hydrogen-bond acceptors (Lipinski definition) is 3. The highest BCUT2D eigenvalue weighted by Gasteiger charge is 2.18. The first-order valence-corrected chi connectivity index (χ1v) is 9.42. The number of hydrogen-bond donors (Lipinski definition) is 2. The van der Waals surface area contributed by atoms with E-state index in [1.165, 1.54) is 35.6 Å². The fraction of sp³-hybridized carbons (Fsp3) is 0.765. The van der Waals surface area contributed by atoms with Gasteiger partial charge in [-0.2, -0.15) is 0 Å². The first-order chi connectivity index (χ1) is 10.7. The zero-order valence-electron chi connectivity index (χ0n) is 14.2. The van der Waals surface area contributed by atoms with E-state index >= 15 is 0 Å². The molecule has 1 aromatic rings. The molecule has 2 N–H and O–H groups in total. The summed E-state index contributed by atoms with van der Waals surface area (Å²) < 4.78 is 0. The summed E-state index contributed by atoms with van der Waals surface area (Å²) in [6, 6.07) is 0. The molecule has 0 saturated heterocycles. The van der Waals surface area contributed by atoms with Crippen LogP contribution in [0.2, 0.25) is 0 Å². The Balaban J connectivity index is 1.76. The van der Waals surface area contributed by atoms with Crippen molar-refractivity contribution in [1.82, 2.24) is 15.6 Å². The molecule has 0 spiro atoms. The molecule has 2 rings (SSSR count). The van der Waals surface area contributed by atoms with Crippen molar-refractivity contribution in [3.05, 3.63) is 16.1 Å². The van der Waals surface area contributed by atoms with Crippen molar-refractivity contribution in [2.24, 2.45) is 16.8 Å². The maximum Gasteiger partial charge on any atom is 0.191 e. The van der Waals surface area contributed by atoms with Gasteiger partial charge in [0.1, 0.15) is 0 Å². The lowest BCUT2D eigenvalue weighted by atomic mass is 9.82. The van der Waals surface area contributed by atoms with Crippen LogP contribution in [0.5, 0.6) is 0 Å². The molecule has 0 bridgehead atoms. The molecule has 1 fully saturated rings. The Kier molecular flexibility index (Phi) is 7.16. The number of aliphatic imine (C=N–C) groups is 1. The standard InChI is InChI=1S/C17H30N4S/c1-4-18-17(19-9-8-16-20-11-14(3)22-16)21-12-15-7-5-6-13(2)10-15/h11,13,15H,4-10,12H2,1-3H3,(H2,18,19,21). The molecule has 1 aliphatic rings. The summed E-state index contributed by atoms with van der Waals surface area (Å²) in [4.78, 5) is 10.5. The molecule has 2 unspecified atom stereocenters. The van der Waals surface area contributed by atoms with Crippen molar-refractivity contribution in [2.75, 3.05) is 19.6 Å². The Labute approximate surface area is 138 Å². The average Bonchev–Trinajstić information content (AvgIpc) is 2.90. The van der Waals surface area contributed by atoms with Gasteiger partial charge in [-0.25, -0.2) is 4.98 Å². The number of nitrogens with zero attached hydrogens (tertiary/aromatic N) is 2. The molecule has 1 saturated carbocycles. The molecule has 0 amide bonds. The third-order valence-electron chi connectivity index (χ3n) is 4.20. The fourth-order valence-corrected chi connectivity index (χ4v) is 3.88. The van der Waals surface area contributed by atoms with E-state index in [1.54, 1.807) is 11.3 Å². The predicted molar refractivity (Wildman–Crippen MR) is 95.7 cm³/mol. The van der Waals surface area contributed by atoms with E-state index in [1.807, 2.05) is 6.20 Å². The molecule has 5 heteroatoms. The van der Waals surface area contributed by atoms with Crippen molar-refractivity contribution in [1.29, 1.82) is 0 Å². The fourth-order valence-electron chi connectivity index (χ4n) is 3.09. The summed E-state index contributed by atoms with van der Waals surface area (Å²) in [6.45, 7) is 9.34. The van der Waals surface area contributed by atoms with Crippen molar-refractivity contribution in [2.45, 2.75) is 52.9 Å². The lowest BCUT2D eigenvalue weighted by Crippen LogP contribution is -2.38. The highest BCUT2D eigenvalue weighted by molar-refractivity contribution is 7.11. The van der Waals surface area contributed by atoms with E-state index in [9.17, 15) is 0 Å². The van der Waals surface area contributed by atoms with Crippen molar-refractivity contribution in [3.63, 3.8) is 0 Å². The number of rotatable bonds is 6. The highest BCUT2D eigenvalue weighted by Crippen LogP contribution is 2.28. The molecule has 1 aliphatic carbocycles. The molecule has 0 aromatic carbocycles. The molecule has 1 aromatic heterocycles. The summed E-state index contributed by atoms with van der Waals surface area (Å²) in [5.41, 5.74) is 0. The van der Waals surface area contributed by atoms with Crippen molar-refractivity contribution >= 4 is 17.3 Å². The first-order valence-electron chi connectivity index (χ1n) is 8.60. The van der Waals surface area contributed by atoms with Gasteiger partial charge in [0.05, 0.1) is 5.01 Å². The second-order valence-corrected chi connectivity index (χ2v) is 7.72. The Morgan fingerprint density at radius 1 is 1.41 bits per heavy atom. The van der Waals surface area contributed by atoms with Gasteiger partial charge in [0.2, 0.25) is 0 Å². The minimum atomic E-state index is 0.765.